The van der Waals surface area contributed by atoms with Crippen LogP contribution in [0.4, 0.5) is 0 Å². The first-order chi connectivity index (χ1) is 12.6. The van der Waals surface area contributed by atoms with Crippen LogP contribution < -0.4 is 0 Å². The summed E-state index contributed by atoms with van der Waals surface area (Å²) in [5.41, 5.74) is 3.63. The molecule has 0 saturated heterocycles. The van der Waals surface area contributed by atoms with E-state index in [9.17, 15) is 0 Å². The van der Waals surface area contributed by atoms with Crippen molar-refractivity contribution in [1.29, 1.82) is 0 Å². The summed E-state index contributed by atoms with van der Waals surface area (Å²) in [5.74, 6) is 1.95. The Hall–Kier alpha value is -2.42. The molecule has 3 nitrogen and oxygen atoms in total. The summed E-state index contributed by atoms with van der Waals surface area (Å²) >= 11 is 0. The number of nitrogens with zero attached hydrogens (tertiary/aromatic N) is 3. The van der Waals surface area contributed by atoms with Crippen molar-refractivity contribution in [1.82, 2.24) is 14.8 Å². The van der Waals surface area contributed by atoms with E-state index >= 15 is 0 Å². The van der Waals surface area contributed by atoms with Gasteiger partial charge in [0.2, 0.25) is 0 Å². The van der Waals surface area contributed by atoms with Crippen LogP contribution in [0.5, 0.6) is 0 Å². The topological polar surface area (TPSA) is 30.7 Å². The number of aromatic nitrogens is 3. The number of rotatable bonds is 7. The quantitative estimate of drug-likeness (QED) is 0.527. The van der Waals surface area contributed by atoms with Crippen LogP contribution >= 0.6 is 0 Å². The summed E-state index contributed by atoms with van der Waals surface area (Å²) < 4.78 is 2.28. The molecule has 3 heteroatoms. The second-order valence-corrected chi connectivity index (χ2v) is 7.52. The zero-order valence-corrected chi connectivity index (χ0v) is 16.4. The maximum Gasteiger partial charge on any atom is 0.168 e. The zero-order chi connectivity index (χ0) is 18.6. The highest BCUT2D eigenvalue weighted by atomic mass is 15.3. The molecule has 0 aliphatic rings. The van der Waals surface area contributed by atoms with Gasteiger partial charge in [-0.1, -0.05) is 82.6 Å². The van der Waals surface area contributed by atoms with E-state index in [1.54, 1.807) is 0 Å². The minimum absolute atomic E-state index is 0.0438. The van der Waals surface area contributed by atoms with Crippen molar-refractivity contribution in [3.05, 3.63) is 66.0 Å². The Balaban J connectivity index is 2.23. The zero-order valence-electron chi connectivity index (χ0n) is 16.4. The van der Waals surface area contributed by atoms with Crippen LogP contribution in [0, 0.1) is 0 Å². The van der Waals surface area contributed by atoms with Crippen LogP contribution in [0.2, 0.25) is 0 Å². The minimum Gasteiger partial charge on any atom is -0.278 e. The molecule has 0 amide bonds. The van der Waals surface area contributed by atoms with Crippen molar-refractivity contribution in [2.75, 3.05) is 0 Å². The lowest BCUT2D eigenvalue weighted by molar-refractivity contribution is 0.464. The number of aryl methyl sites for hydroxylation is 1. The van der Waals surface area contributed by atoms with E-state index in [0.717, 1.165) is 30.1 Å². The highest BCUT2D eigenvalue weighted by Crippen LogP contribution is 2.33. The average molecular weight is 348 g/mol. The van der Waals surface area contributed by atoms with Crippen molar-refractivity contribution in [2.45, 2.75) is 58.8 Å². The van der Waals surface area contributed by atoms with Crippen LogP contribution in [0.3, 0.4) is 0 Å². The first-order valence-electron chi connectivity index (χ1n) is 9.68. The number of benzene rings is 2. The molecule has 0 radical (unpaired) electrons. The molecule has 0 spiro atoms. The van der Waals surface area contributed by atoms with Crippen molar-refractivity contribution in [3.63, 3.8) is 0 Å². The Bertz CT molecular complexity index is 847. The van der Waals surface area contributed by atoms with E-state index < -0.39 is 0 Å². The maximum absolute atomic E-state index is 4.65. The van der Waals surface area contributed by atoms with Gasteiger partial charge in [0.25, 0.3) is 0 Å². The fourth-order valence-corrected chi connectivity index (χ4v) is 3.19. The van der Waals surface area contributed by atoms with Gasteiger partial charge in [0.15, 0.2) is 5.82 Å². The molecule has 0 atom stereocenters. The predicted octanol–water partition coefficient (Wildman–Crippen LogP) is 5.96. The van der Waals surface area contributed by atoms with Gasteiger partial charge in [-0.2, -0.15) is 0 Å². The summed E-state index contributed by atoms with van der Waals surface area (Å²) in [7, 11) is 0. The van der Waals surface area contributed by atoms with Crippen LogP contribution in [-0.4, -0.2) is 14.8 Å². The highest BCUT2D eigenvalue weighted by Gasteiger charge is 2.28. The summed E-state index contributed by atoms with van der Waals surface area (Å²) in [6.45, 7) is 8.94. The largest absolute Gasteiger partial charge is 0.278 e. The van der Waals surface area contributed by atoms with Gasteiger partial charge < -0.3 is 0 Å². The molecule has 1 aromatic heterocycles. The Morgan fingerprint density at radius 1 is 0.885 bits per heavy atom. The third-order valence-corrected chi connectivity index (χ3v) is 5.22. The Kier molecular flexibility index (Phi) is 5.55. The minimum atomic E-state index is -0.0438. The Morgan fingerprint density at radius 2 is 1.58 bits per heavy atom. The lowest BCUT2D eigenvalue weighted by Gasteiger charge is -2.24. The standard InChI is InChI=1S/C23H29N3/c1-5-7-13-18-14-11-12-17-20(18)26-21(19-15-9-8-10-16-19)24-25-22(26)23(3,4)6-2/h8-12,14-17H,5-7,13H2,1-4H3. The lowest BCUT2D eigenvalue weighted by atomic mass is 9.89. The van der Waals surface area contributed by atoms with E-state index in [4.69, 9.17) is 0 Å². The molecule has 3 rings (SSSR count). The van der Waals surface area contributed by atoms with E-state index in [2.05, 4.69) is 91.0 Å². The smallest absolute Gasteiger partial charge is 0.168 e. The molecular weight excluding hydrogens is 318 g/mol. The first kappa shape index (κ1) is 18.4. The van der Waals surface area contributed by atoms with Crippen LogP contribution in [0.15, 0.2) is 54.6 Å². The van der Waals surface area contributed by atoms with E-state index in [1.165, 1.54) is 24.1 Å². The van der Waals surface area contributed by atoms with Crippen molar-refractivity contribution in [2.24, 2.45) is 0 Å². The van der Waals surface area contributed by atoms with E-state index in [-0.39, 0.29) is 5.41 Å². The number of hydrogen-bond donors (Lipinski definition) is 0. The second kappa shape index (κ2) is 7.86. The Labute approximate surface area is 157 Å². The van der Waals surface area contributed by atoms with E-state index in [1.807, 2.05) is 6.07 Å². The van der Waals surface area contributed by atoms with Crippen molar-refractivity contribution < 1.29 is 0 Å². The molecule has 0 unspecified atom stereocenters. The molecule has 0 saturated carbocycles. The highest BCUT2D eigenvalue weighted by molar-refractivity contribution is 5.60. The fourth-order valence-electron chi connectivity index (χ4n) is 3.19. The summed E-state index contributed by atoms with van der Waals surface area (Å²) in [6.07, 6.45) is 4.46. The molecule has 2 aromatic carbocycles. The molecule has 26 heavy (non-hydrogen) atoms. The summed E-state index contributed by atoms with van der Waals surface area (Å²) in [4.78, 5) is 0. The second-order valence-electron chi connectivity index (χ2n) is 7.52. The lowest BCUT2D eigenvalue weighted by Crippen LogP contribution is -2.22. The van der Waals surface area contributed by atoms with Gasteiger partial charge >= 0.3 is 0 Å². The molecule has 3 aromatic rings. The van der Waals surface area contributed by atoms with Crippen LogP contribution in [-0.2, 0) is 11.8 Å². The van der Waals surface area contributed by atoms with Gasteiger partial charge in [-0.15, -0.1) is 10.2 Å². The van der Waals surface area contributed by atoms with Crippen molar-refractivity contribution in [3.8, 4) is 17.1 Å². The van der Waals surface area contributed by atoms with Gasteiger partial charge in [-0.05, 0) is 30.9 Å². The van der Waals surface area contributed by atoms with E-state index in [0.29, 0.717) is 0 Å². The van der Waals surface area contributed by atoms with Gasteiger partial charge in [-0.25, -0.2) is 0 Å². The third-order valence-electron chi connectivity index (χ3n) is 5.22. The van der Waals surface area contributed by atoms with Crippen molar-refractivity contribution >= 4 is 0 Å². The van der Waals surface area contributed by atoms with Gasteiger partial charge in [0, 0.05) is 11.0 Å². The molecule has 136 valence electrons. The first-order valence-corrected chi connectivity index (χ1v) is 9.68. The van der Waals surface area contributed by atoms with Gasteiger partial charge in [0.05, 0.1) is 5.69 Å². The van der Waals surface area contributed by atoms with Crippen LogP contribution in [0.25, 0.3) is 17.1 Å². The van der Waals surface area contributed by atoms with Gasteiger partial charge in [-0.3, -0.25) is 4.57 Å². The molecule has 0 aliphatic heterocycles. The van der Waals surface area contributed by atoms with Gasteiger partial charge in [0.1, 0.15) is 5.82 Å². The Morgan fingerprint density at radius 3 is 2.27 bits per heavy atom. The summed E-state index contributed by atoms with van der Waals surface area (Å²) in [5, 5.41) is 9.26. The monoisotopic (exact) mass is 347 g/mol. The molecule has 0 fully saturated rings. The normalized spacial score (nSPS) is 11.7. The fraction of sp³-hybridized carbons (Fsp3) is 0.391. The van der Waals surface area contributed by atoms with Crippen LogP contribution in [0.1, 0.15) is 58.3 Å². The summed E-state index contributed by atoms with van der Waals surface area (Å²) in [6, 6.07) is 19.1. The molecular formula is C23H29N3. The number of unbranched alkanes of at least 4 members (excludes halogenated alkanes) is 1. The molecule has 0 bridgehead atoms. The molecule has 0 aliphatic carbocycles. The predicted molar refractivity (Wildman–Crippen MR) is 109 cm³/mol. The average Bonchev–Trinajstić information content (AvgIpc) is 3.13. The maximum atomic E-state index is 4.65. The number of para-hydroxylation sites is 1. The molecule has 0 N–H and O–H groups in total. The number of hydrogen-bond acceptors (Lipinski definition) is 2. The SMILES string of the molecule is CCCCc1ccccc1-n1c(-c2ccccc2)nnc1C(C)(C)CC. The third kappa shape index (κ3) is 3.57. The molecule has 1 heterocycles.